The van der Waals surface area contributed by atoms with Gasteiger partial charge in [-0.3, -0.25) is 4.79 Å². The molecule has 0 saturated carbocycles. The average Bonchev–Trinajstić information content (AvgIpc) is 2.50. The molecular weight excluding hydrogens is 343 g/mol. The number of nitrogens with one attached hydrogen (secondary N) is 2. The van der Waals surface area contributed by atoms with Crippen molar-refractivity contribution in [1.29, 1.82) is 0 Å². The van der Waals surface area contributed by atoms with Gasteiger partial charge in [-0.15, -0.1) is 12.4 Å². The van der Waals surface area contributed by atoms with Gasteiger partial charge in [-0.2, -0.15) is 23.5 Å². The van der Waals surface area contributed by atoms with Gasteiger partial charge in [0, 0.05) is 48.6 Å². The summed E-state index contributed by atoms with van der Waals surface area (Å²) in [4.78, 5) is 11.8. The topological polar surface area (TPSA) is 41.1 Å². The van der Waals surface area contributed by atoms with Crippen LogP contribution in [0.25, 0.3) is 0 Å². The summed E-state index contributed by atoms with van der Waals surface area (Å²) in [6.07, 6.45) is 0.547. The van der Waals surface area contributed by atoms with Gasteiger partial charge in [0.25, 0.3) is 0 Å². The number of hydrogen-bond acceptors (Lipinski definition) is 4. The summed E-state index contributed by atoms with van der Waals surface area (Å²) in [5, 5.41) is 6.28. The lowest BCUT2D eigenvalue weighted by atomic mass is 10.2. The molecule has 1 aromatic carbocycles. The summed E-state index contributed by atoms with van der Waals surface area (Å²) in [6, 6.07) is 7.12. The molecule has 7 heteroatoms. The fourth-order valence-corrected chi connectivity index (χ4v) is 3.90. The molecule has 3 nitrogen and oxygen atoms in total. The Bertz CT molecular complexity index is 459. The van der Waals surface area contributed by atoms with Crippen molar-refractivity contribution in [3.63, 3.8) is 0 Å². The molecule has 1 aromatic rings. The van der Waals surface area contributed by atoms with Crippen LogP contribution in [0.3, 0.4) is 0 Å². The zero-order valence-electron chi connectivity index (χ0n) is 12.3. The van der Waals surface area contributed by atoms with E-state index in [1.54, 1.807) is 23.9 Å². The maximum Gasteiger partial charge on any atom is 0.221 e. The Hall–Kier alpha value is -0.430. The highest BCUT2D eigenvalue weighted by Crippen LogP contribution is 2.14. The lowest BCUT2D eigenvalue weighted by Crippen LogP contribution is -2.41. The van der Waals surface area contributed by atoms with Crippen LogP contribution in [0.4, 0.5) is 4.39 Å². The second-order valence-electron chi connectivity index (χ2n) is 4.92. The van der Waals surface area contributed by atoms with Crippen LogP contribution in [0.2, 0.25) is 0 Å². The van der Waals surface area contributed by atoms with Gasteiger partial charge in [0.2, 0.25) is 5.91 Å². The molecule has 1 aliphatic rings. The monoisotopic (exact) mass is 364 g/mol. The van der Waals surface area contributed by atoms with Gasteiger partial charge in [0.05, 0.1) is 0 Å². The highest BCUT2D eigenvalue weighted by atomic mass is 35.5. The Morgan fingerprint density at radius 2 is 2.27 bits per heavy atom. The van der Waals surface area contributed by atoms with E-state index in [2.05, 4.69) is 10.6 Å². The molecule has 0 aliphatic carbocycles. The molecule has 0 aromatic heterocycles. The van der Waals surface area contributed by atoms with Crippen LogP contribution in [0.1, 0.15) is 12.0 Å². The van der Waals surface area contributed by atoms with Crippen LogP contribution < -0.4 is 10.6 Å². The average molecular weight is 365 g/mol. The zero-order valence-corrected chi connectivity index (χ0v) is 14.8. The number of carbonyl (C=O) groups excluding carboxylic acids is 1. The number of rotatable bonds is 7. The molecule has 0 bridgehead atoms. The number of amides is 1. The van der Waals surface area contributed by atoms with Crippen LogP contribution in [0.5, 0.6) is 0 Å². The van der Waals surface area contributed by atoms with Gasteiger partial charge >= 0.3 is 0 Å². The number of benzene rings is 1. The molecule has 1 aliphatic heterocycles. The first kappa shape index (κ1) is 19.6. The third kappa shape index (κ3) is 7.22. The van der Waals surface area contributed by atoms with Crippen molar-refractivity contribution < 1.29 is 9.18 Å². The predicted molar refractivity (Wildman–Crippen MR) is 96.6 cm³/mol. The first-order valence-electron chi connectivity index (χ1n) is 7.14. The molecule has 2 rings (SSSR count). The molecule has 1 amide bonds. The van der Waals surface area contributed by atoms with Crippen molar-refractivity contribution in [3.8, 4) is 0 Å². The van der Waals surface area contributed by atoms with Crippen molar-refractivity contribution in [2.75, 3.05) is 30.3 Å². The fraction of sp³-hybridized carbons (Fsp3) is 0.533. The van der Waals surface area contributed by atoms with Crippen LogP contribution >= 0.6 is 35.9 Å². The van der Waals surface area contributed by atoms with E-state index in [0.717, 1.165) is 29.4 Å². The van der Waals surface area contributed by atoms with Crippen molar-refractivity contribution in [2.24, 2.45) is 0 Å². The van der Waals surface area contributed by atoms with E-state index in [4.69, 9.17) is 0 Å². The summed E-state index contributed by atoms with van der Waals surface area (Å²) in [7, 11) is 0. The normalized spacial score (nSPS) is 17.6. The molecule has 1 atom stereocenters. The quantitative estimate of drug-likeness (QED) is 0.730. The Morgan fingerprint density at radius 3 is 3.00 bits per heavy atom. The highest BCUT2D eigenvalue weighted by molar-refractivity contribution is 7.99. The van der Waals surface area contributed by atoms with Gasteiger partial charge in [-0.25, -0.2) is 4.39 Å². The van der Waals surface area contributed by atoms with Gasteiger partial charge in [0.1, 0.15) is 5.82 Å². The third-order valence-electron chi connectivity index (χ3n) is 3.21. The summed E-state index contributed by atoms with van der Waals surface area (Å²) >= 11 is 3.53. The van der Waals surface area contributed by atoms with E-state index in [9.17, 15) is 9.18 Å². The minimum atomic E-state index is -0.157. The summed E-state index contributed by atoms with van der Waals surface area (Å²) in [6.45, 7) is 1.62. The maximum atomic E-state index is 13.4. The second-order valence-corrected chi connectivity index (χ2v) is 7.18. The zero-order chi connectivity index (χ0) is 14.9. The summed E-state index contributed by atoms with van der Waals surface area (Å²) in [5.41, 5.74) is 0.720. The van der Waals surface area contributed by atoms with Gasteiger partial charge < -0.3 is 10.6 Å². The first-order valence-corrected chi connectivity index (χ1v) is 9.45. The van der Waals surface area contributed by atoms with Crippen LogP contribution in [0, 0.1) is 5.82 Å². The Morgan fingerprint density at radius 1 is 1.45 bits per heavy atom. The minimum Gasteiger partial charge on any atom is -0.355 e. The Kier molecular flexibility index (Phi) is 9.95. The second kappa shape index (κ2) is 11.2. The Balaban J connectivity index is 0.00000242. The van der Waals surface area contributed by atoms with Crippen LogP contribution in [-0.4, -0.2) is 42.3 Å². The van der Waals surface area contributed by atoms with Gasteiger partial charge in [-0.1, -0.05) is 18.2 Å². The van der Waals surface area contributed by atoms with E-state index in [1.165, 1.54) is 6.07 Å². The molecule has 22 heavy (non-hydrogen) atoms. The fourth-order valence-electron chi connectivity index (χ4n) is 2.11. The van der Waals surface area contributed by atoms with Crippen molar-refractivity contribution in [1.82, 2.24) is 10.6 Å². The van der Waals surface area contributed by atoms with E-state index in [1.807, 2.05) is 17.8 Å². The minimum absolute atomic E-state index is 0. The summed E-state index contributed by atoms with van der Waals surface area (Å²) in [5.74, 6) is 3.52. The molecule has 0 spiro atoms. The number of thioether (sulfide) groups is 2. The van der Waals surface area contributed by atoms with Gasteiger partial charge in [-0.05, 0) is 11.6 Å². The Labute approximate surface area is 146 Å². The molecule has 0 radical (unpaired) electrons. The molecule has 124 valence electrons. The first-order chi connectivity index (χ1) is 10.3. The number of hydrogen-bond donors (Lipinski definition) is 2. The third-order valence-corrected chi connectivity index (χ3v) is 5.35. The number of halogens is 2. The van der Waals surface area contributed by atoms with Crippen molar-refractivity contribution >= 4 is 41.8 Å². The van der Waals surface area contributed by atoms with E-state index >= 15 is 0 Å². The lowest BCUT2D eigenvalue weighted by Gasteiger charge is -2.22. The van der Waals surface area contributed by atoms with E-state index in [-0.39, 0.29) is 24.1 Å². The van der Waals surface area contributed by atoms with Crippen LogP contribution in [0.15, 0.2) is 24.3 Å². The van der Waals surface area contributed by atoms with Gasteiger partial charge in [0.15, 0.2) is 0 Å². The molecule has 1 fully saturated rings. The SMILES string of the molecule is Cl.O=C(CC1CSCCN1)NCCSCc1ccccc1F. The molecule has 1 heterocycles. The van der Waals surface area contributed by atoms with E-state index < -0.39 is 0 Å². The predicted octanol–water partition coefficient (Wildman–Crippen LogP) is 2.69. The standard InChI is InChI=1S/C15H21FN2OS2.ClH/c16-14-4-2-1-3-12(14)10-20-8-6-18-15(19)9-13-11-21-7-5-17-13;/h1-4,13,17H,5-11H2,(H,18,19);1H. The molecular formula is C15H22ClFN2OS2. The lowest BCUT2D eigenvalue weighted by molar-refractivity contribution is -0.121. The molecule has 2 N–H and O–H groups in total. The van der Waals surface area contributed by atoms with Crippen LogP contribution in [-0.2, 0) is 10.5 Å². The highest BCUT2D eigenvalue weighted by Gasteiger charge is 2.16. The largest absolute Gasteiger partial charge is 0.355 e. The van der Waals surface area contributed by atoms with Crippen molar-refractivity contribution in [2.45, 2.75) is 18.2 Å². The smallest absolute Gasteiger partial charge is 0.221 e. The molecule has 1 unspecified atom stereocenters. The maximum absolute atomic E-state index is 13.4. The summed E-state index contributed by atoms with van der Waals surface area (Å²) < 4.78 is 13.4. The van der Waals surface area contributed by atoms with E-state index in [0.29, 0.717) is 24.8 Å². The van der Waals surface area contributed by atoms with Crippen molar-refractivity contribution in [3.05, 3.63) is 35.6 Å². The molecule has 1 saturated heterocycles. The number of carbonyl (C=O) groups is 1.